The van der Waals surface area contributed by atoms with Gasteiger partial charge >= 0.3 is 0 Å². The Morgan fingerprint density at radius 2 is 1.83 bits per heavy atom. The molecule has 0 spiro atoms. The third-order valence-corrected chi connectivity index (χ3v) is 2.73. The Kier molecular flexibility index (Phi) is 5.56. The van der Waals surface area contributed by atoms with Crippen molar-refractivity contribution in [1.29, 1.82) is 0 Å². The molecule has 0 aromatic rings. The smallest absolute Gasteiger partial charge is 0.0151 e. The van der Waals surface area contributed by atoms with Crippen molar-refractivity contribution < 1.29 is 0 Å². The number of nitrogens with two attached hydrogens (primary N) is 1. The van der Waals surface area contributed by atoms with Gasteiger partial charge in [-0.1, -0.05) is 40.0 Å². The van der Waals surface area contributed by atoms with Gasteiger partial charge in [0.2, 0.25) is 0 Å². The normalized spacial score (nSPS) is 35.2. The zero-order valence-corrected chi connectivity index (χ0v) is 9.19. The van der Waals surface area contributed by atoms with Crippen LogP contribution in [0, 0.1) is 5.92 Å². The Bertz CT molecular complexity index is 108. The van der Waals surface area contributed by atoms with E-state index < -0.39 is 0 Å². The Morgan fingerprint density at radius 3 is 2.08 bits per heavy atom. The highest BCUT2D eigenvalue weighted by Crippen LogP contribution is 2.30. The molecule has 1 fully saturated rings. The highest BCUT2D eigenvalue weighted by Gasteiger charge is 2.28. The zero-order chi connectivity index (χ0) is 9.61. The Hall–Kier alpha value is -0.0400. The molecule has 74 valence electrons. The first kappa shape index (κ1) is 12.0. The number of hydrogen-bond acceptors (Lipinski definition) is 1. The second-order valence-electron chi connectivity index (χ2n) is 4.36. The average molecular weight is 171 g/mol. The van der Waals surface area contributed by atoms with Crippen LogP contribution < -0.4 is 5.73 Å². The van der Waals surface area contributed by atoms with Crippen LogP contribution in [0.15, 0.2) is 0 Å². The van der Waals surface area contributed by atoms with E-state index in [0.717, 1.165) is 5.92 Å². The van der Waals surface area contributed by atoms with E-state index in [1.807, 2.05) is 0 Å². The molecule has 1 aliphatic rings. The van der Waals surface area contributed by atoms with E-state index in [9.17, 15) is 0 Å². The van der Waals surface area contributed by atoms with E-state index in [0.29, 0.717) is 0 Å². The quantitative estimate of drug-likeness (QED) is 0.594. The lowest BCUT2D eigenvalue weighted by molar-refractivity contribution is 0.226. The second-order valence-corrected chi connectivity index (χ2v) is 4.36. The summed E-state index contributed by atoms with van der Waals surface area (Å²) in [6, 6.07) is 0. The maximum atomic E-state index is 6.02. The minimum Gasteiger partial charge on any atom is -0.325 e. The highest BCUT2D eigenvalue weighted by atomic mass is 14.7. The summed E-state index contributed by atoms with van der Waals surface area (Å²) in [7, 11) is 0. The molecule has 1 heteroatoms. The molecule has 12 heavy (non-hydrogen) atoms. The predicted octanol–water partition coefficient (Wildman–Crippen LogP) is 3.33. The molecule has 0 amide bonds. The number of hydrogen-bond donors (Lipinski definition) is 1. The minimum absolute atomic E-state index is 0.137. The number of rotatable bonds is 0. The van der Waals surface area contributed by atoms with Crippen molar-refractivity contribution in [2.75, 3.05) is 0 Å². The van der Waals surface area contributed by atoms with Gasteiger partial charge in [0.1, 0.15) is 0 Å². The summed E-state index contributed by atoms with van der Waals surface area (Å²) in [4.78, 5) is 0. The van der Waals surface area contributed by atoms with Crippen LogP contribution in [0.5, 0.6) is 0 Å². The van der Waals surface area contributed by atoms with Crippen LogP contribution in [0.2, 0.25) is 0 Å². The second kappa shape index (κ2) is 5.58. The maximum Gasteiger partial charge on any atom is 0.0151 e. The summed E-state index contributed by atoms with van der Waals surface area (Å²) in [5, 5.41) is 0. The molecule has 0 aromatic heterocycles. The van der Waals surface area contributed by atoms with E-state index in [1.54, 1.807) is 0 Å². The summed E-state index contributed by atoms with van der Waals surface area (Å²) in [5.74, 6) is 0.728. The lowest BCUT2D eigenvalue weighted by atomic mass is 9.76. The van der Waals surface area contributed by atoms with Gasteiger partial charge in [-0.3, -0.25) is 0 Å². The van der Waals surface area contributed by atoms with E-state index in [2.05, 4.69) is 27.7 Å². The van der Waals surface area contributed by atoms with Crippen LogP contribution in [0.4, 0.5) is 0 Å². The SMILES string of the molecule is CC1CCCCC1(C)N.CCC. The molecule has 1 saturated carbocycles. The maximum absolute atomic E-state index is 6.02. The van der Waals surface area contributed by atoms with Crippen LogP contribution in [0.25, 0.3) is 0 Å². The predicted molar refractivity (Wildman–Crippen MR) is 56.2 cm³/mol. The lowest BCUT2D eigenvalue weighted by Gasteiger charge is -2.35. The van der Waals surface area contributed by atoms with Crippen molar-refractivity contribution >= 4 is 0 Å². The molecule has 0 heterocycles. The molecule has 0 saturated heterocycles. The Balaban J connectivity index is 0.000000354. The van der Waals surface area contributed by atoms with Crippen LogP contribution in [-0.4, -0.2) is 5.54 Å². The van der Waals surface area contributed by atoms with E-state index >= 15 is 0 Å². The lowest BCUT2D eigenvalue weighted by Crippen LogP contribution is -2.44. The van der Waals surface area contributed by atoms with Gasteiger partial charge in [0, 0.05) is 5.54 Å². The monoisotopic (exact) mass is 171 g/mol. The molecule has 0 aliphatic heterocycles. The molecule has 2 unspecified atom stereocenters. The first-order valence-electron chi connectivity index (χ1n) is 5.33. The van der Waals surface area contributed by atoms with E-state index in [-0.39, 0.29) is 5.54 Å². The fourth-order valence-electron chi connectivity index (χ4n) is 1.53. The first-order chi connectivity index (χ1) is 5.54. The van der Waals surface area contributed by atoms with Crippen LogP contribution in [-0.2, 0) is 0 Å². The topological polar surface area (TPSA) is 26.0 Å². The molecule has 0 bridgehead atoms. The van der Waals surface area contributed by atoms with Gasteiger partial charge in [-0.25, -0.2) is 0 Å². The average Bonchev–Trinajstić information content (AvgIpc) is 1.97. The van der Waals surface area contributed by atoms with Crippen molar-refractivity contribution in [3.05, 3.63) is 0 Å². The zero-order valence-electron chi connectivity index (χ0n) is 9.19. The molecule has 1 rings (SSSR count). The van der Waals surface area contributed by atoms with Gasteiger partial charge in [-0.2, -0.15) is 0 Å². The van der Waals surface area contributed by atoms with Crippen LogP contribution in [0.3, 0.4) is 0 Å². The minimum atomic E-state index is 0.137. The van der Waals surface area contributed by atoms with Crippen molar-refractivity contribution in [3.8, 4) is 0 Å². The molecule has 1 aliphatic carbocycles. The van der Waals surface area contributed by atoms with Gasteiger partial charge in [0.25, 0.3) is 0 Å². The van der Waals surface area contributed by atoms with Crippen LogP contribution in [0.1, 0.15) is 59.8 Å². The summed E-state index contributed by atoms with van der Waals surface area (Å²) in [6.07, 6.45) is 6.51. The Labute approximate surface area is 77.7 Å². The summed E-state index contributed by atoms with van der Waals surface area (Å²) < 4.78 is 0. The van der Waals surface area contributed by atoms with Crippen molar-refractivity contribution in [2.45, 2.75) is 65.3 Å². The molecule has 2 atom stereocenters. The van der Waals surface area contributed by atoms with Crippen molar-refractivity contribution in [3.63, 3.8) is 0 Å². The van der Waals surface area contributed by atoms with Crippen molar-refractivity contribution in [2.24, 2.45) is 11.7 Å². The van der Waals surface area contributed by atoms with Gasteiger partial charge in [0.05, 0.1) is 0 Å². The molecule has 1 nitrogen and oxygen atoms in total. The summed E-state index contributed by atoms with van der Waals surface area (Å²) in [6.45, 7) is 8.69. The van der Waals surface area contributed by atoms with Gasteiger partial charge in [-0.05, 0) is 25.7 Å². The third-order valence-electron chi connectivity index (χ3n) is 2.73. The summed E-state index contributed by atoms with van der Waals surface area (Å²) in [5.41, 5.74) is 6.16. The molecule has 0 radical (unpaired) electrons. The highest BCUT2D eigenvalue weighted by molar-refractivity contribution is 4.87. The van der Waals surface area contributed by atoms with Crippen LogP contribution >= 0.6 is 0 Å². The van der Waals surface area contributed by atoms with E-state index in [1.165, 1.54) is 32.1 Å². The summed E-state index contributed by atoms with van der Waals surface area (Å²) >= 11 is 0. The van der Waals surface area contributed by atoms with Crippen molar-refractivity contribution in [1.82, 2.24) is 0 Å². The van der Waals surface area contributed by atoms with Gasteiger partial charge in [0.15, 0.2) is 0 Å². The largest absolute Gasteiger partial charge is 0.325 e. The first-order valence-corrected chi connectivity index (χ1v) is 5.33. The molecular formula is C11H25N. The van der Waals surface area contributed by atoms with Gasteiger partial charge in [-0.15, -0.1) is 0 Å². The molecule has 2 N–H and O–H groups in total. The standard InChI is InChI=1S/C8H17N.C3H8/c1-7-5-3-4-6-8(7,2)9;1-3-2/h7H,3-6,9H2,1-2H3;3H2,1-2H3. The molecule has 0 aromatic carbocycles. The Morgan fingerprint density at radius 1 is 1.33 bits per heavy atom. The van der Waals surface area contributed by atoms with E-state index in [4.69, 9.17) is 5.73 Å². The fourth-order valence-corrected chi connectivity index (χ4v) is 1.53. The third kappa shape index (κ3) is 4.10. The fraction of sp³-hybridized carbons (Fsp3) is 1.00. The van der Waals surface area contributed by atoms with Gasteiger partial charge < -0.3 is 5.73 Å². The molecular weight excluding hydrogens is 146 g/mol.